The van der Waals surface area contributed by atoms with Gasteiger partial charge < -0.3 is 15.1 Å². The van der Waals surface area contributed by atoms with E-state index in [9.17, 15) is 13.2 Å². The summed E-state index contributed by atoms with van der Waals surface area (Å²) in [6.45, 7) is 3.66. The number of likely N-dealkylation sites (tertiary alicyclic amines) is 1. The molecule has 1 aromatic carbocycles. The van der Waals surface area contributed by atoms with Gasteiger partial charge in [-0.1, -0.05) is 12.1 Å². The smallest absolute Gasteiger partial charge is 0.285 e. The SMILES string of the molecule is Cl.O=C(C1CCCN1C1=NS(=O)(=O)c2ccccc21)N1CCNCC1. The first-order valence-corrected chi connectivity index (χ1v) is 9.72. The molecular formula is C16H21ClN4O3S. The number of halogens is 1. The molecule has 2 fully saturated rings. The van der Waals surface area contributed by atoms with E-state index in [0.29, 0.717) is 31.0 Å². The number of amides is 1. The van der Waals surface area contributed by atoms with Gasteiger partial charge in [0.05, 0.1) is 0 Å². The largest absolute Gasteiger partial charge is 0.343 e. The number of piperazine rings is 1. The molecule has 25 heavy (non-hydrogen) atoms. The highest BCUT2D eigenvalue weighted by Gasteiger charge is 2.40. The topological polar surface area (TPSA) is 82.1 Å². The summed E-state index contributed by atoms with van der Waals surface area (Å²) in [4.78, 5) is 16.9. The summed E-state index contributed by atoms with van der Waals surface area (Å²) in [6, 6.07) is 6.53. The summed E-state index contributed by atoms with van der Waals surface area (Å²) in [5.41, 5.74) is 0.609. The quantitative estimate of drug-likeness (QED) is 0.760. The lowest BCUT2D eigenvalue weighted by molar-refractivity contribution is -0.135. The number of nitrogens with zero attached hydrogens (tertiary/aromatic N) is 3. The highest BCUT2D eigenvalue weighted by atomic mass is 35.5. The van der Waals surface area contributed by atoms with Crippen molar-refractivity contribution in [2.24, 2.45) is 4.40 Å². The molecule has 1 aromatic rings. The van der Waals surface area contributed by atoms with E-state index < -0.39 is 10.0 Å². The van der Waals surface area contributed by atoms with Crippen LogP contribution in [0, 0.1) is 0 Å². The lowest BCUT2D eigenvalue weighted by Crippen LogP contribution is -2.53. The lowest BCUT2D eigenvalue weighted by atomic mass is 10.1. The van der Waals surface area contributed by atoms with Crippen molar-refractivity contribution in [1.29, 1.82) is 0 Å². The standard InChI is InChI=1S/C16H20N4O3S.ClH/c21-16(19-10-7-17-8-11-19)13-5-3-9-20(13)15-12-4-1-2-6-14(12)24(22,23)18-15;/h1-2,4,6,13,17H,3,5,7-11H2;1H. The predicted molar refractivity (Wildman–Crippen MR) is 96.6 cm³/mol. The summed E-state index contributed by atoms with van der Waals surface area (Å²) in [5.74, 6) is 0.509. The molecule has 4 rings (SSSR count). The normalized spacial score (nSPS) is 24.5. The summed E-state index contributed by atoms with van der Waals surface area (Å²) in [7, 11) is -3.65. The molecule has 0 spiro atoms. The van der Waals surface area contributed by atoms with Gasteiger partial charge in [-0.25, -0.2) is 0 Å². The van der Waals surface area contributed by atoms with Crippen LogP contribution in [-0.2, 0) is 14.8 Å². The number of hydrogen-bond acceptors (Lipinski definition) is 5. The second-order valence-electron chi connectivity index (χ2n) is 6.31. The van der Waals surface area contributed by atoms with E-state index in [0.717, 1.165) is 25.9 Å². The minimum absolute atomic E-state index is 0. The maximum atomic E-state index is 12.9. The van der Waals surface area contributed by atoms with Crippen molar-refractivity contribution < 1.29 is 13.2 Å². The number of hydrogen-bond donors (Lipinski definition) is 1. The molecule has 7 nitrogen and oxygen atoms in total. The third-order valence-corrected chi connectivity index (χ3v) is 6.18. The zero-order valence-corrected chi connectivity index (χ0v) is 15.4. The third-order valence-electron chi connectivity index (χ3n) is 4.85. The second-order valence-corrected chi connectivity index (χ2v) is 7.89. The van der Waals surface area contributed by atoms with Crippen LogP contribution in [0.25, 0.3) is 0 Å². The number of fused-ring (bicyclic) bond motifs is 1. The van der Waals surface area contributed by atoms with Crippen LogP contribution in [0.1, 0.15) is 18.4 Å². The van der Waals surface area contributed by atoms with Crippen LogP contribution in [0.3, 0.4) is 0 Å². The molecule has 136 valence electrons. The monoisotopic (exact) mass is 384 g/mol. The van der Waals surface area contributed by atoms with E-state index in [1.165, 1.54) is 0 Å². The first kappa shape index (κ1) is 18.2. The van der Waals surface area contributed by atoms with Gasteiger partial charge in [-0.2, -0.15) is 8.42 Å². The molecule has 1 unspecified atom stereocenters. The Labute approximate surface area is 153 Å². The van der Waals surface area contributed by atoms with Gasteiger partial charge in [-0.15, -0.1) is 16.8 Å². The van der Waals surface area contributed by atoms with E-state index >= 15 is 0 Å². The molecule has 0 saturated carbocycles. The lowest BCUT2D eigenvalue weighted by Gasteiger charge is -2.33. The molecule has 2 saturated heterocycles. The van der Waals surface area contributed by atoms with Crippen molar-refractivity contribution >= 4 is 34.2 Å². The summed E-state index contributed by atoms with van der Waals surface area (Å²) >= 11 is 0. The molecule has 3 aliphatic heterocycles. The van der Waals surface area contributed by atoms with Crippen LogP contribution >= 0.6 is 12.4 Å². The summed E-state index contributed by atoms with van der Waals surface area (Å²) < 4.78 is 28.5. The van der Waals surface area contributed by atoms with Crippen LogP contribution in [0.4, 0.5) is 0 Å². The Hall–Kier alpha value is -1.64. The molecule has 1 N–H and O–H groups in total. The third kappa shape index (κ3) is 3.14. The Bertz CT molecular complexity index is 805. The van der Waals surface area contributed by atoms with E-state index in [2.05, 4.69) is 9.71 Å². The molecule has 0 aliphatic carbocycles. The molecule has 1 atom stereocenters. The Morgan fingerprint density at radius 2 is 1.88 bits per heavy atom. The van der Waals surface area contributed by atoms with Gasteiger partial charge in [-0.3, -0.25) is 4.79 Å². The van der Waals surface area contributed by atoms with E-state index in [4.69, 9.17) is 0 Å². The average Bonchev–Trinajstić information content (AvgIpc) is 3.18. The molecule has 3 aliphatic rings. The van der Waals surface area contributed by atoms with Crippen molar-refractivity contribution in [3.8, 4) is 0 Å². The van der Waals surface area contributed by atoms with Gasteiger partial charge in [0.25, 0.3) is 10.0 Å². The van der Waals surface area contributed by atoms with Crippen LogP contribution in [0.15, 0.2) is 33.6 Å². The van der Waals surface area contributed by atoms with Crippen molar-refractivity contribution in [3.05, 3.63) is 29.8 Å². The predicted octanol–water partition coefficient (Wildman–Crippen LogP) is 0.454. The van der Waals surface area contributed by atoms with E-state index in [1.807, 2.05) is 9.80 Å². The first-order chi connectivity index (χ1) is 11.6. The molecule has 9 heteroatoms. The Balaban J connectivity index is 0.00000182. The second kappa shape index (κ2) is 6.93. The highest BCUT2D eigenvalue weighted by molar-refractivity contribution is 7.90. The van der Waals surface area contributed by atoms with Gasteiger partial charge in [0.15, 0.2) is 5.84 Å². The van der Waals surface area contributed by atoms with Gasteiger partial charge in [0.1, 0.15) is 10.9 Å². The maximum Gasteiger partial charge on any atom is 0.285 e. The van der Waals surface area contributed by atoms with E-state index in [-0.39, 0.29) is 29.3 Å². The Kier molecular flexibility index (Phi) is 5.04. The van der Waals surface area contributed by atoms with Gasteiger partial charge >= 0.3 is 0 Å². The number of carbonyl (C=O) groups excluding carboxylic acids is 1. The van der Waals surface area contributed by atoms with Crippen LogP contribution in [-0.4, -0.2) is 68.7 Å². The fourth-order valence-corrected chi connectivity index (χ4v) is 4.89. The minimum Gasteiger partial charge on any atom is -0.343 e. The number of amidine groups is 1. The minimum atomic E-state index is -3.65. The highest BCUT2D eigenvalue weighted by Crippen LogP contribution is 2.31. The maximum absolute atomic E-state index is 12.9. The molecule has 0 aromatic heterocycles. The molecule has 3 heterocycles. The van der Waals surface area contributed by atoms with Crippen molar-refractivity contribution in [2.45, 2.75) is 23.8 Å². The number of carbonyl (C=O) groups is 1. The van der Waals surface area contributed by atoms with Crippen molar-refractivity contribution in [2.75, 3.05) is 32.7 Å². The van der Waals surface area contributed by atoms with Crippen molar-refractivity contribution in [1.82, 2.24) is 15.1 Å². The number of sulfonamides is 1. The number of benzene rings is 1. The molecule has 1 amide bonds. The van der Waals surface area contributed by atoms with Gasteiger partial charge in [0.2, 0.25) is 5.91 Å². The van der Waals surface area contributed by atoms with Gasteiger partial charge in [-0.05, 0) is 25.0 Å². The van der Waals surface area contributed by atoms with Crippen molar-refractivity contribution in [3.63, 3.8) is 0 Å². The average molecular weight is 385 g/mol. The van der Waals surface area contributed by atoms with Crippen LogP contribution in [0.2, 0.25) is 0 Å². The van der Waals surface area contributed by atoms with Crippen LogP contribution < -0.4 is 5.32 Å². The fraction of sp³-hybridized carbons (Fsp3) is 0.500. The van der Waals surface area contributed by atoms with E-state index in [1.54, 1.807) is 24.3 Å². The summed E-state index contributed by atoms with van der Waals surface area (Å²) in [6.07, 6.45) is 1.60. The molecule has 0 bridgehead atoms. The zero-order chi connectivity index (χ0) is 16.7. The number of nitrogens with one attached hydrogen (secondary N) is 1. The number of rotatable bonds is 1. The first-order valence-electron chi connectivity index (χ1n) is 8.28. The van der Waals surface area contributed by atoms with Crippen LogP contribution in [0.5, 0.6) is 0 Å². The fourth-order valence-electron chi connectivity index (χ4n) is 3.67. The summed E-state index contributed by atoms with van der Waals surface area (Å²) in [5, 5.41) is 3.24. The Morgan fingerprint density at radius 3 is 2.64 bits per heavy atom. The Morgan fingerprint density at radius 1 is 1.16 bits per heavy atom. The molecular weight excluding hydrogens is 364 g/mol. The zero-order valence-electron chi connectivity index (χ0n) is 13.7. The van der Waals surface area contributed by atoms with Gasteiger partial charge in [0, 0.05) is 38.3 Å². The molecule has 0 radical (unpaired) electrons.